The Bertz CT molecular complexity index is 883. The van der Waals surface area contributed by atoms with E-state index in [1.807, 2.05) is 11.0 Å². The number of carbonyl (C=O) groups is 1. The highest BCUT2D eigenvalue weighted by Crippen LogP contribution is 2.18. The van der Waals surface area contributed by atoms with Gasteiger partial charge in [-0.05, 0) is 41.5 Å². The van der Waals surface area contributed by atoms with E-state index in [0.717, 1.165) is 25.9 Å². The molecule has 4 heteroatoms. The van der Waals surface area contributed by atoms with Crippen molar-refractivity contribution in [2.45, 2.75) is 25.9 Å². The Morgan fingerprint density at radius 3 is 2.72 bits per heavy atom. The van der Waals surface area contributed by atoms with Crippen LogP contribution in [0.1, 0.15) is 17.5 Å². The van der Waals surface area contributed by atoms with Gasteiger partial charge in [0.25, 0.3) is 0 Å². The predicted octanol–water partition coefficient (Wildman–Crippen LogP) is 3.80. The van der Waals surface area contributed by atoms with Crippen molar-refractivity contribution in [3.8, 4) is 0 Å². The van der Waals surface area contributed by atoms with Gasteiger partial charge in [-0.1, -0.05) is 42.5 Å². The fourth-order valence-corrected chi connectivity index (χ4v) is 3.56. The Kier molecular flexibility index (Phi) is 4.42. The molecule has 2 heterocycles. The van der Waals surface area contributed by atoms with Crippen LogP contribution in [0.15, 0.2) is 60.8 Å². The molecule has 0 bridgehead atoms. The van der Waals surface area contributed by atoms with Gasteiger partial charge in [0.15, 0.2) is 0 Å². The number of para-hydroxylation sites is 1. The van der Waals surface area contributed by atoms with Crippen molar-refractivity contribution in [1.82, 2.24) is 14.8 Å². The lowest BCUT2D eigenvalue weighted by Gasteiger charge is -2.29. The lowest BCUT2D eigenvalue weighted by atomic mass is 10.0. The first-order valence-electron chi connectivity index (χ1n) is 8.95. The zero-order valence-electron chi connectivity index (χ0n) is 14.3. The maximum atomic E-state index is 12.4. The van der Waals surface area contributed by atoms with Gasteiger partial charge in [0.2, 0.25) is 0 Å². The van der Waals surface area contributed by atoms with Crippen LogP contribution in [-0.2, 0) is 19.5 Å². The molecule has 25 heavy (non-hydrogen) atoms. The normalized spacial score (nSPS) is 13.7. The molecule has 2 amide bonds. The summed E-state index contributed by atoms with van der Waals surface area (Å²) >= 11 is 0. The highest BCUT2D eigenvalue weighted by molar-refractivity contribution is 5.79. The number of urea groups is 1. The lowest BCUT2D eigenvalue weighted by Crippen LogP contribution is -2.43. The van der Waals surface area contributed by atoms with Crippen molar-refractivity contribution in [1.29, 1.82) is 0 Å². The smallest absolute Gasteiger partial charge is 0.317 e. The van der Waals surface area contributed by atoms with Gasteiger partial charge in [-0.25, -0.2) is 4.79 Å². The molecular formula is C21H23N3O. The summed E-state index contributed by atoms with van der Waals surface area (Å²) in [5.74, 6) is 0. The summed E-state index contributed by atoms with van der Waals surface area (Å²) in [5.41, 5.74) is 3.88. The zero-order valence-corrected chi connectivity index (χ0v) is 14.3. The summed E-state index contributed by atoms with van der Waals surface area (Å²) in [5, 5.41) is 4.33. The third-order valence-corrected chi connectivity index (χ3v) is 4.95. The third kappa shape index (κ3) is 3.38. The molecule has 0 fully saturated rings. The predicted molar refractivity (Wildman–Crippen MR) is 101 cm³/mol. The van der Waals surface area contributed by atoms with Gasteiger partial charge in [0.1, 0.15) is 0 Å². The van der Waals surface area contributed by atoms with Crippen LogP contribution in [0.2, 0.25) is 0 Å². The van der Waals surface area contributed by atoms with Crippen LogP contribution in [0.3, 0.4) is 0 Å². The topological polar surface area (TPSA) is 37.3 Å². The summed E-state index contributed by atoms with van der Waals surface area (Å²) in [6.45, 7) is 3.12. The fourth-order valence-electron chi connectivity index (χ4n) is 3.56. The molecule has 0 atom stereocenters. The average molecular weight is 333 g/mol. The van der Waals surface area contributed by atoms with Crippen molar-refractivity contribution in [2.75, 3.05) is 13.1 Å². The summed E-state index contributed by atoms with van der Waals surface area (Å²) in [4.78, 5) is 14.3. The highest BCUT2D eigenvalue weighted by Gasteiger charge is 2.19. The molecule has 128 valence electrons. The number of fused-ring (bicyclic) bond motifs is 2. The molecule has 1 N–H and O–H groups in total. The molecule has 0 saturated carbocycles. The summed E-state index contributed by atoms with van der Waals surface area (Å²) in [6.07, 6.45) is 3.99. The van der Waals surface area contributed by atoms with E-state index in [2.05, 4.69) is 64.6 Å². The molecule has 3 aromatic rings. The number of rotatable bonds is 4. The minimum Gasteiger partial charge on any atom is -0.347 e. The Balaban J connectivity index is 1.27. The molecule has 0 saturated heterocycles. The van der Waals surface area contributed by atoms with Crippen LogP contribution in [0.4, 0.5) is 4.79 Å². The number of benzene rings is 2. The van der Waals surface area contributed by atoms with E-state index in [4.69, 9.17) is 0 Å². The second-order valence-electron chi connectivity index (χ2n) is 6.59. The molecule has 2 aromatic carbocycles. The monoisotopic (exact) mass is 333 g/mol. The molecule has 0 spiro atoms. The van der Waals surface area contributed by atoms with E-state index in [0.29, 0.717) is 13.1 Å². The maximum Gasteiger partial charge on any atom is 0.317 e. The minimum absolute atomic E-state index is 0.0480. The van der Waals surface area contributed by atoms with E-state index in [1.54, 1.807) is 0 Å². The second-order valence-corrected chi connectivity index (χ2v) is 6.59. The van der Waals surface area contributed by atoms with Crippen molar-refractivity contribution < 1.29 is 4.79 Å². The Morgan fingerprint density at radius 1 is 1.00 bits per heavy atom. The van der Waals surface area contributed by atoms with E-state index in [1.165, 1.54) is 22.0 Å². The van der Waals surface area contributed by atoms with Crippen molar-refractivity contribution in [3.63, 3.8) is 0 Å². The van der Waals surface area contributed by atoms with Crippen LogP contribution < -0.4 is 5.32 Å². The van der Waals surface area contributed by atoms with Crippen LogP contribution in [0.5, 0.6) is 0 Å². The van der Waals surface area contributed by atoms with Gasteiger partial charge in [0, 0.05) is 37.9 Å². The van der Waals surface area contributed by atoms with Crippen molar-refractivity contribution >= 4 is 16.9 Å². The number of aryl methyl sites for hydroxylation is 1. The number of aromatic nitrogens is 1. The number of amides is 2. The Hall–Kier alpha value is -2.75. The van der Waals surface area contributed by atoms with Gasteiger partial charge in [-0.2, -0.15) is 0 Å². The Labute approximate surface area is 148 Å². The van der Waals surface area contributed by atoms with Crippen LogP contribution in [0, 0.1) is 0 Å². The van der Waals surface area contributed by atoms with Crippen LogP contribution in [-0.4, -0.2) is 28.6 Å². The standard InChI is InChI=1S/C21H23N3O/c25-21(24-15-10-17-6-1-2-8-19(17)16-24)22-12-5-13-23-14-11-18-7-3-4-9-20(18)23/h1-4,6-9,11,14H,5,10,12-13,15-16H2,(H,22,25). The molecule has 0 radical (unpaired) electrons. The third-order valence-electron chi connectivity index (χ3n) is 4.95. The van der Waals surface area contributed by atoms with Crippen LogP contribution >= 0.6 is 0 Å². The maximum absolute atomic E-state index is 12.4. The first-order chi connectivity index (χ1) is 12.3. The Morgan fingerprint density at radius 2 is 1.80 bits per heavy atom. The fraction of sp³-hybridized carbons (Fsp3) is 0.286. The quantitative estimate of drug-likeness (QED) is 0.725. The van der Waals surface area contributed by atoms with Gasteiger partial charge < -0.3 is 14.8 Å². The molecular weight excluding hydrogens is 310 g/mol. The van der Waals surface area contributed by atoms with Gasteiger partial charge in [-0.15, -0.1) is 0 Å². The van der Waals surface area contributed by atoms with Gasteiger partial charge >= 0.3 is 6.03 Å². The van der Waals surface area contributed by atoms with Crippen molar-refractivity contribution in [2.24, 2.45) is 0 Å². The number of nitrogens with zero attached hydrogens (tertiary/aromatic N) is 2. The summed E-state index contributed by atoms with van der Waals surface area (Å²) < 4.78 is 2.25. The molecule has 1 aliphatic heterocycles. The van der Waals surface area contributed by atoms with E-state index in [9.17, 15) is 4.79 Å². The molecule has 1 aliphatic rings. The SMILES string of the molecule is O=C(NCCCn1ccc2ccccc21)N1CCc2ccccc2C1. The van der Waals surface area contributed by atoms with E-state index >= 15 is 0 Å². The number of carbonyl (C=O) groups excluding carboxylic acids is 1. The van der Waals surface area contributed by atoms with Crippen molar-refractivity contribution in [3.05, 3.63) is 71.9 Å². The number of nitrogens with one attached hydrogen (secondary N) is 1. The lowest BCUT2D eigenvalue weighted by molar-refractivity contribution is 0.192. The molecule has 1 aromatic heterocycles. The zero-order chi connectivity index (χ0) is 17.1. The highest BCUT2D eigenvalue weighted by atomic mass is 16.2. The molecule has 4 nitrogen and oxygen atoms in total. The van der Waals surface area contributed by atoms with Gasteiger partial charge in [-0.3, -0.25) is 0 Å². The second kappa shape index (κ2) is 7.01. The molecule has 4 rings (SSSR count). The number of hydrogen-bond donors (Lipinski definition) is 1. The van der Waals surface area contributed by atoms with Gasteiger partial charge in [0.05, 0.1) is 0 Å². The molecule has 0 unspecified atom stereocenters. The van der Waals surface area contributed by atoms with E-state index < -0.39 is 0 Å². The summed E-state index contributed by atoms with van der Waals surface area (Å²) in [7, 11) is 0. The average Bonchev–Trinajstić information content (AvgIpc) is 3.08. The van der Waals surface area contributed by atoms with E-state index in [-0.39, 0.29) is 6.03 Å². The number of hydrogen-bond acceptors (Lipinski definition) is 1. The first-order valence-corrected chi connectivity index (χ1v) is 8.95. The molecule has 0 aliphatic carbocycles. The summed E-state index contributed by atoms with van der Waals surface area (Å²) in [6, 6.07) is 19.0. The van der Waals surface area contributed by atoms with Crippen LogP contribution in [0.25, 0.3) is 10.9 Å². The minimum atomic E-state index is 0.0480. The first kappa shape index (κ1) is 15.8. The largest absolute Gasteiger partial charge is 0.347 e.